The van der Waals surface area contributed by atoms with Gasteiger partial charge in [-0.05, 0) is 36.6 Å². The summed E-state index contributed by atoms with van der Waals surface area (Å²) in [4.78, 5) is 18.8. The van der Waals surface area contributed by atoms with Crippen molar-refractivity contribution in [2.24, 2.45) is 0 Å². The molecule has 1 aliphatic rings. The molecule has 34 heavy (non-hydrogen) atoms. The number of aryl methyl sites for hydroxylation is 1. The van der Waals surface area contributed by atoms with Gasteiger partial charge in [-0.1, -0.05) is 41.9 Å². The van der Waals surface area contributed by atoms with Crippen LogP contribution < -0.4 is 5.32 Å². The molecule has 1 aromatic heterocycles. The van der Waals surface area contributed by atoms with E-state index in [1.165, 1.54) is 12.1 Å². The molecular weight excluding hydrogens is 467 g/mol. The third-order valence-corrected chi connectivity index (χ3v) is 6.20. The summed E-state index contributed by atoms with van der Waals surface area (Å²) in [6.07, 6.45) is -0.596. The van der Waals surface area contributed by atoms with Crippen LogP contribution in [0, 0.1) is 0 Å². The number of amides is 1. The van der Waals surface area contributed by atoms with Gasteiger partial charge in [-0.3, -0.25) is 9.69 Å². The summed E-state index contributed by atoms with van der Waals surface area (Å²) in [5.74, 6) is 0.962. The molecule has 2 heterocycles. The number of nitrogens with one attached hydrogen (secondary N) is 1. The lowest BCUT2D eigenvalue weighted by atomic mass is 10.0. The molecular formula is C25H25ClF3N3O2. The quantitative estimate of drug-likeness (QED) is 0.459. The summed E-state index contributed by atoms with van der Waals surface area (Å²) in [5.41, 5.74) is 0.765. The normalized spacial score (nSPS) is 15.4. The fourth-order valence-corrected chi connectivity index (χ4v) is 4.30. The van der Waals surface area contributed by atoms with Crippen molar-refractivity contribution in [3.63, 3.8) is 0 Å². The van der Waals surface area contributed by atoms with Gasteiger partial charge in [0.2, 0.25) is 5.91 Å². The monoisotopic (exact) mass is 491 g/mol. The number of halogens is 4. The molecule has 1 fully saturated rings. The maximum absolute atomic E-state index is 12.9. The summed E-state index contributed by atoms with van der Waals surface area (Å²) in [6.45, 7) is 1.88. The number of carbonyl (C=O) groups excluding carboxylic acids is 1. The number of oxazole rings is 1. The van der Waals surface area contributed by atoms with Gasteiger partial charge < -0.3 is 9.73 Å². The number of hydrogen-bond donors (Lipinski definition) is 1. The van der Waals surface area contributed by atoms with E-state index in [1.54, 1.807) is 18.3 Å². The highest BCUT2D eigenvalue weighted by Crippen LogP contribution is 2.30. The van der Waals surface area contributed by atoms with E-state index in [9.17, 15) is 18.0 Å². The van der Waals surface area contributed by atoms with Gasteiger partial charge in [0.15, 0.2) is 11.7 Å². The largest absolute Gasteiger partial charge is 0.441 e. The smallest absolute Gasteiger partial charge is 0.416 e. The average molecular weight is 492 g/mol. The number of alkyl halides is 3. The van der Waals surface area contributed by atoms with Crippen LogP contribution >= 0.6 is 11.6 Å². The molecule has 4 rings (SSSR count). The predicted octanol–water partition coefficient (Wildman–Crippen LogP) is 5.73. The highest BCUT2D eigenvalue weighted by Gasteiger charge is 2.30. The molecule has 9 heteroatoms. The molecule has 0 aliphatic carbocycles. The Kier molecular flexibility index (Phi) is 7.58. The second-order valence-electron chi connectivity index (χ2n) is 8.41. The minimum Gasteiger partial charge on any atom is -0.441 e. The van der Waals surface area contributed by atoms with Crippen molar-refractivity contribution < 1.29 is 22.4 Å². The topological polar surface area (TPSA) is 58.4 Å². The van der Waals surface area contributed by atoms with Gasteiger partial charge in [-0.15, -0.1) is 0 Å². The Labute approximate surface area is 200 Å². The van der Waals surface area contributed by atoms with Crippen LogP contribution in [0.15, 0.2) is 59.1 Å². The third-order valence-electron chi connectivity index (χ3n) is 5.87. The van der Waals surface area contributed by atoms with E-state index in [1.807, 2.05) is 18.2 Å². The van der Waals surface area contributed by atoms with Crippen molar-refractivity contribution in [1.29, 1.82) is 0 Å². The maximum atomic E-state index is 12.9. The number of carbonyl (C=O) groups is 1. The highest BCUT2D eigenvalue weighted by atomic mass is 35.5. The Hall–Kier alpha value is -2.84. The van der Waals surface area contributed by atoms with Gasteiger partial charge in [0.05, 0.1) is 16.8 Å². The first-order valence-corrected chi connectivity index (χ1v) is 11.5. The van der Waals surface area contributed by atoms with Crippen molar-refractivity contribution in [1.82, 2.24) is 15.2 Å². The number of nitrogens with zero attached hydrogens (tertiary/aromatic N) is 2. The number of likely N-dealkylation sites (tertiary alicyclic amines) is 1. The first-order valence-electron chi connectivity index (χ1n) is 11.2. The lowest BCUT2D eigenvalue weighted by Crippen LogP contribution is -2.44. The fourth-order valence-electron chi connectivity index (χ4n) is 4.07. The molecule has 0 bridgehead atoms. The first-order chi connectivity index (χ1) is 16.3. The molecule has 1 amide bonds. The standard InChI is InChI=1S/C25H25ClF3N3O2/c26-21-7-2-1-6-20(21)22-15-30-24(34-22)9-8-23(33)31-19-10-12-32(13-11-19)16-17-4-3-5-18(14-17)25(27,28)29/h1-7,14-15,19H,8-13,16H2,(H,31,33). The number of hydrogen-bond acceptors (Lipinski definition) is 4. The van der Waals surface area contributed by atoms with Crippen molar-refractivity contribution >= 4 is 17.5 Å². The van der Waals surface area contributed by atoms with Crippen molar-refractivity contribution in [3.05, 3.63) is 76.8 Å². The van der Waals surface area contributed by atoms with Crippen LogP contribution in [0.5, 0.6) is 0 Å². The number of aromatic nitrogens is 1. The summed E-state index contributed by atoms with van der Waals surface area (Å²) >= 11 is 6.18. The molecule has 0 radical (unpaired) electrons. The molecule has 0 spiro atoms. The van der Waals surface area contributed by atoms with Crippen LogP contribution in [0.25, 0.3) is 11.3 Å². The van der Waals surface area contributed by atoms with E-state index in [-0.39, 0.29) is 18.4 Å². The average Bonchev–Trinajstić information content (AvgIpc) is 3.28. The van der Waals surface area contributed by atoms with Gasteiger partial charge in [0.25, 0.3) is 0 Å². The van der Waals surface area contributed by atoms with Crippen LogP contribution in [0.2, 0.25) is 5.02 Å². The minimum absolute atomic E-state index is 0.0495. The van der Waals surface area contributed by atoms with E-state index in [2.05, 4.69) is 15.2 Å². The van der Waals surface area contributed by atoms with Crippen LogP contribution in [-0.2, 0) is 23.9 Å². The van der Waals surface area contributed by atoms with Gasteiger partial charge in [0.1, 0.15) is 0 Å². The zero-order chi connectivity index (χ0) is 24.1. The fraction of sp³-hybridized carbons (Fsp3) is 0.360. The van der Waals surface area contributed by atoms with Crippen LogP contribution in [0.3, 0.4) is 0 Å². The number of piperidine rings is 1. The zero-order valence-electron chi connectivity index (χ0n) is 18.4. The molecule has 3 aromatic rings. The van der Waals surface area contributed by atoms with Gasteiger partial charge >= 0.3 is 6.18 Å². The zero-order valence-corrected chi connectivity index (χ0v) is 19.2. The van der Waals surface area contributed by atoms with E-state index >= 15 is 0 Å². The Morgan fingerprint density at radius 3 is 2.65 bits per heavy atom. The molecule has 1 aliphatic heterocycles. The summed E-state index contributed by atoms with van der Waals surface area (Å²) in [6, 6.07) is 12.8. The minimum atomic E-state index is -4.34. The summed E-state index contributed by atoms with van der Waals surface area (Å²) < 4.78 is 44.5. The Morgan fingerprint density at radius 1 is 1.15 bits per heavy atom. The van der Waals surface area contributed by atoms with Crippen LogP contribution in [0.4, 0.5) is 13.2 Å². The molecule has 0 saturated carbocycles. The highest BCUT2D eigenvalue weighted by molar-refractivity contribution is 6.33. The Bertz CT molecular complexity index is 1120. The second kappa shape index (κ2) is 10.6. The molecule has 1 N–H and O–H groups in total. The van der Waals surface area contributed by atoms with Gasteiger partial charge in [-0.25, -0.2) is 4.98 Å². The number of benzene rings is 2. The van der Waals surface area contributed by atoms with Crippen LogP contribution in [-0.4, -0.2) is 34.9 Å². The van der Waals surface area contributed by atoms with Gasteiger partial charge in [0, 0.05) is 44.1 Å². The Morgan fingerprint density at radius 2 is 1.91 bits per heavy atom. The van der Waals surface area contributed by atoms with E-state index < -0.39 is 11.7 Å². The molecule has 2 aromatic carbocycles. The van der Waals surface area contributed by atoms with Crippen LogP contribution in [0.1, 0.15) is 36.3 Å². The molecule has 180 valence electrons. The third kappa shape index (κ3) is 6.39. The molecule has 1 saturated heterocycles. The summed E-state index contributed by atoms with van der Waals surface area (Å²) in [5, 5.41) is 3.62. The lowest BCUT2D eigenvalue weighted by molar-refractivity contribution is -0.137. The van der Waals surface area contributed by atoms with E-state index in [0.29, 0.717) is 48.3 Å². The molecule has 0 atom stereocenters. The SMILES string of the molecule is O=C(CCc1ncc(-c2ccccc2Cl)o1)NC1CCN(Cc2cccc(C(F)(F)F)c2)CC1. The predicted molar refractivity (Wildman–Crippen MR) is 123 cm³/mol. The van der Waals surface area contributed by atoms with Gasteiger partial charge in [-0.2, -0.15) is 13.2 Å². The van der Waals surface area contributed by atoms with Crippen molar-refractivity contribution in [2.75, 3.05) is 13.1 Å². The second-order valence-corrected chi connectivity index (χ2v) is 8.82. The van der Waals surface area contributed by atoms with E-state index in [4.69, 9.17) is 16.0 Å². The first kappa shape index (κ1) is 24.3. The van der Waals surface area contributed by atoms with Crippen molar-refractivity contribution in [2.45, 2.75) is 44.4 Å². The maximum Gasteiger partial charge on any atom is 0.416 e. The molecule has 0 unspecified atom stereocenters. The van der Waals surface area contributed by atoms with E-state index in [0.717, 1.165) is 24.5 Å². The number of rotatable bonds is 7. The lowest BCUT2D eigenvalue weighted by Gasteiger charge is -2.32. The van der Waals surface area contributed by atoms with Crippen molar-refractivity contribution in [3.8, 4) is 11.3 Å². The Balaban J connectivity index is 1.21. The summed E-state index contributed by atoms with van der Waals surface area (Å²) in [7, 11) is 0. The molecule has 5 nitrogen and oxygen atoms in total.